The third kappa shape index (κ3) is 2.32. The molecule has 1 aliphatic rings. The van der Waals surface area contributed by atoms with E-state index >= 15 is 0 Å². The average molecular weight is 326 g/mol. The Kier molecular flexibility index (Phi) is 3.38. The maximum Gasteiger partial charge on any atom is 0.290 e. The second kappa shape index (κ2) is 5.43. The van der Waals surface area contributed by atoms with E-state index in [4.69, 9.17) is 16.0 Å². The number of para-hydroxylation sites is 1. The molecule has 2 heterocycles. The minimum atomic E-state index is -0.0655. The molecule has 1 aliphatic heterocycles. The molecule has 4 rings (SSSR count). The highest BCUT2D eigenvalue weighted by molar-refractivity contribution is 6.35. The van der Waals surface area contributed by atoms with Crippen LogP contribution < -0.4 is 0 Å². The van der Waals surface area contributed by atoms with Gasteiger partial charge in [0.25, 0.3) is 5.91 Å². The lowest BCUT2D eigenvalue weighted by molar-refractivity contribution is 0.0704. The summed E-state index contributed by atoms with van der Waals surface area (Å²) in [4.78, 5) is 14.7. The van der Waals surface area contributed by atoms with Crippen molar-refractivity contribution >= 4 is 28.5 Å². The van der Waals surface area contributed by atoms with Crippen LogP contribution in [-0.2, 0) is 13.0 Å². The summed E-state index contributed by atoms with van der Waals surface area (Å²) in [6.45, 7) is 3.24. The van der Waals surface area contributed by atoms with Crippen molar-refractivity contribution in [1.82, 2.24) is 4.90 Å². The summed E-state index contributed by atoms with van der Waals surface area (Å²) in [5.41, 5.74) is 3.97. The van der Waals surface area contributed by atoms with Gasteiger partial charge in [0, 0.05) is 24.0 Å². The summed E-state index contributed by atoms with van der Waals surface area (Å²) in [7, 11) is 0. The lowest BCUT2D eigenvalue weighted by Crippen LogP contribution is -2.36. The Morgan fingerprint density at radius 2 is 1.91 bits per heavy atom. The molecule has 4 heteroatoms. The van der Waals surface area contributed by atoms with Gasteiger partial charge in [-0.15, -0.1) is 0 Å². The highest BCUT2D eigenvalue weighted by atomic mass is 35.5. The Morgan fingerprint density at radius 1 is 1.13 bits per heavy atom. The van der Waals surface area contributed by atoms with Gasteiger partial charge in [0.2, 0.25) is 0 Å². The summed E-state index contributed by atoms with van der Waals surface area (Å²) >= 11 is 6.18. The fourth-order valence-electron chi connectivity index (χ4n) is 3.23. The minimum absolute atomic E-state index is 0.0655. The number of carbonyl (C=O) groups excluding carboxylic acids is 1. The molecule has 3 nitrogen and oxygen atoms in total. The van der Waals surface area contributed by atoms with Crippen molar-refractivity contribution in [2.45, 2.75) is 19.9 Å². The third-order valence-electron chi connectivity index (χ3n) is 4.53. The molecule has 116 valence electrons. The zero-order valence-electron chi connectivity index (χ0n) is 12.8. The van der Waals surface area contributed by atoms with Gasteiger partial charge < -0.3 is 9.32 Å². The van der Waals surface area contributed by atoms with Gasteiger partial charge in [-0.25, -0.2) is 0 Å². The predicted molar refractivity (Wildman–Crippen MR) is 90.8 cm³/mol. The van der Waals surface area contributed by atoms with E-state index in [-0.39, 0.29) is 5.91 Å². The molecule has 3 aromatic rings. The number of furan rings is 1. The normalized spacial score (nSPS) is 14.1. The molecule has 0 saturated carbocycles. The average Bonchev–Trinajstić information content (AvgIpc) is 2.92. The number of nitrogens with zero attached hydrogens (tertiary/aromatic N) is 1. The van der Waals surface area contributed by atoms with Gasteiger partial charge in [-0.05, 0) is 30.5 Å². The van der Waals surface area contributed by atoms with Crippen molar-refractivity contribution in [2.75, 3.05) is 6.54 Å². The van der Waals surface area contributed by atoms with E-state index in [9.17, 15) is 4.79 Å². The van der Waals surface area contributed by atoms with E-state index in [1.54, 1.807) is 6.07 Å². The number of rotatable bonds is 1. The topological polar surface area (TPSA) is 33.5 Å². The van der Waals surface area contributed by atoms with Crippen LogP contribution in [0.25, 0.3) is 11.0 Å². The standard InChI is InChI=1S/C19H16ClNO2/c1-12-15-7-4-8-16(20)18(15)23-17(12)19(22)21-10-9-13-5-2-3-6-14(13)11-21/h2-8H,9-11H2,1H3. The monoisotopic (exact) mass is 325 g/mol. The Balaban J connectivity index is 1.71. The highest BCUT2D eigenvalue weighted by Gasteiger charge is 2.26. The van der Waals surface area contributed by atoms with E-state index in [0.717, 1.165) is 17.4 Å². The first-order valence-corrected chi connectivity index (χ1v) is 8.06. The molecule has 0 aliphatic carbocycles. The molecule has 0 atom stereocenters. The van der Waals surface area contributed by atoms with Crippen molar-refractivity contribution in [1.29, 1.82) is 0 Å². The molecule has 0 radical (unpaired) electrons. The van der Waals surface area contributed by atoms with Gasteiger partial charge >= 0.3 is 0 Å². The number of hydrogen-bond donors (Lipinski definition) is 0. The number of halogens is 1. The van der Waals surface area contributed by atoms with Gasteiger partial charge in [0.15, 0.2) is 11.3 Å². The van der Waals surface area contributed by atoms with Crippen LogP contribution in [0.4, 0.5) is 0 Å². The van der Waals surface area contributed by atoms with Crippen molar-refractivity contribution in [3.05, 3.63) is 69.9 Å². The minimum Gasteiger partial charge on any atom is -0.449 e. The third-order valence-corrected chi connectivity index (χ3v) is 4.83. The fraction of sp³-hybridized carbons (Fsp3) is 0.211. The quantitative estimate of drug-likeness (QED) is 0.655. The molecule has 23 heavy (non-hydrogen) atoms. The summed E-state index contributed by atoms with van der Waals surface area (Å²) in [6.07, 6.45) is 0.877. The van der Waals surface area contributed by atoms with Gasteiger partial charge in [0.05, 0.1) is 5.02 Å². The molecule has 1 aromatic heterocycles. The highest BCUT2D eigenvalue weighted by Crippen LogP contribution is 2.32. The van der Waals surface area contributed by atoms with E-state index in [2.05, 4.69) is 12.1 Å². The van der Waals surface area contributed by atoms with Crippen LogP contribution in [0.15, 0.2) is 46.9 Å². The largest absolute Gasteiger partial charge is 0.449 e. The predicted octanol–water partition coefficient (Wildman–Crippen LogP) is 4.59. The zero-order valence-corrected chi connectivity index (χ0v) is 13.6. The zero-order chi connectivity index (χ0) is 16.0. The lowest BCUT2D eigenvalue weighted by atomic mass is 9.99. The van der Waals surface area contributed by atoms with Gasteiger partial charge in [-0.3, -0.25) is 4.79 Å². The Hall–Kier alpha value is -2.26. The van der Waals surface area contributed by atoms with E-state index in [1.165, 1.54) is 11.1 Å². The summed E-state index contributed by atoms with van der Waals surface area (Å²) in [6, 6.07) is 13.8. The second-order valence-corrected chi connectivity index (χ2v) is 6.33. The first-order chi connectivity index (χ1) is 11.1. The van der Waals surface area contributed by atoms with Gasteiger partial charge in [0.1, 0.15) is 0 Å². The molecule has 0 N–H and O–H groups in total. The number of benzene rings is 2. The van der Waals surface area contributed by atoms with Crippen LogP contribution in [0.1, 0.15) is 27.2 Å². The molecule has 0 fully saturated rings. The van der Waals surface area contributed by atoms with Gasteiger partial charge in [-0.1, -0.05) is 48.0 Å². The Morgan fingerprint density at radius 3 is 2.70 bits per heavy atom. The molecular formula is C19H16ClNO2. The Labute approximate surface area is 139 Å². The number of hydrogen-bond acceptors (Lipinski definition) is 2. The van der Waals surface area contributed by atoms with Crippen LogP contribution in [0.5, 0.6) is 0 Å². The number of fused-ring (bicyclic) bond motifs is 2. The molecule has 0 saturated heterocycles. The lowest BCUT2D eigenvalue weighted by Gasteiger charge is -2.28. The van der Waals surface area contributed by atoms with Crippen LogP contribution >= 0.6 is 11.6 Å². The van der Waals surface area contributed by atoms with Crippen LogP contribution in [0.2, 0.25) is 5.02 Å². The van der Waals surface area contributed by atoms with Crippen LogP contribution in [-0.4, -0.2) is 17.4 Å². The van der Waals surface area contributed by atoms with E-state index in [1.807, 2.05) is 36.1 Å². The maximum atomic E-state index is 12.9. The van der Waals surface area contributed by atoms with Crippen molar-refractivity contribution < 1.29 is 9.21 Å². The van der Waals surface area contributed by atoms with Gasteiger partial charge in [-0.2, -0.15) is 0 Å². The van der Waals surface area contributed by atoms with Crippen LogP contribution in [0, 0.1) is 6.92 Å². The van der Waals surface area contributed by atoms with E-state index in [0.29, 0.717) is 29.5 Å². The Bertz CT molecular complexity index is 913. The molecule has 0 bridgehead atoms. The molecule has 0 spiro atoms. The molecule has 1 amide bonds. The number of carbonyl (C=O) groups is 1. The second-order valence-electron chi connectivity index (χ2n) is 5.92. The van der Waals surface area contributed by atoms with Crippen molar-refractivity contribution in [3.63, 3.8) is 0 Å². The first kappa shape index (κ1) is 14.3. The molecule has 0 unspecified atom stereocenters. The molecular weight excluding hydrogens is 310 g/mol. The SMILES string of the molecule is Cc1c(C(=O)N2CCc3ccccc3C2)oc2c(Cl)cccc12. The maximum absolute atomic E-state index is 12.9. The summed E-state index contributed by atoms with van der Waals surface area (Å²) in [5.74, 6) is 0.330. The number of amides is 1. The van der Waals surface area contributed by atoms with Crippen molar-refractivity contribution in [3.8, 4) is 0 Å². The number of aryl methyl sites for hydroxylation is 1. The first-order valence-electron chi connectivity index (χ1n) is 7.69. The summed E-state index contributed by atoms with van der Waals surface area (Å²) < 4.78 is 5.81. The van der Waals surface area contributed by atoms with E-state index < -0.39 is 0 Å². The summed E-state index contributed by atoms with van der Waals surface area (Å²) in [5, 5.41) is 1.44. The molecule has 2 aromatic carbocycles. The van der Waals surface area contributed by atoms with Crippen LogP contribution in [0.3, 0.4) is 0 Å². The smallest absolute Gasteiger partial charge is 0.290 e. The van der Waals surface area contributed by atoms with Crippen molar-refractivity contribution in [2.24, 2.45) is 0 Å². The fourth-order valence-corrected chi connectivity index (χ4v) is 3.44.